The molecule has 0 saturated heterocycles. The Morgan fingerprint density at radius 2 is 2.10 bits per heavy atom. The van der Waals surface area contributed by atoms with Gasteiger partial charge in [0.25, 0.3) is 0 Å². The van der Waals surface area contributed by atoms with Gasteiger partial charge in [0.1, 0.15) is 0 Å². The molecule has 1 aliphatic carbocycles. The summed E-state index contributed by atoms with van der Waals surface area (Å²) in [6, 6.07) is 5.77. The monoisotopic (exact) mass is 289 g/mol. The first kappa shape index (κ1) is 15.5. The molecule has 2 rings (SSSR count). The van der Waals surface area contributed by atoms with Gasteiger partial charge in [-0.15, -0.1) is 0 Å². The van der Waals surface area contributed by atoms with Crippen LogP contribution in [-0.4, -0.2) is 23.0 Å². The zero-order valence-electron chi connectivity index (χ0n) is 12.9. The van der Waals surface area contributed by atoms with Gasteiger partial charge in [-0.3, -0.25) is 9.59 Å². The minimum atomic E-state index is -0.836. The van der Waals surface area contributed by atoms with Gasteiger partial charge in [0, 0.05) is 6.04 Å². The summed E-state index contributed by atoms with van der Waals surface area (Å²) in [4.78, 5) is 23.7. The highest BCUT2D eigenvalue weighted by molar-refractivity contribution is 5.82. The van der Waals surface area contributed by atoms with E-state index in [0.717, 1.165) is 29.5 Å². The van der Waals surface area contributed by atoms with Crippen LogP contribution in [0.3, 0.4) is 0 Å². The molecular weight excluding hydrogens is 266 g/mol. The molecule has 0 radical (unpaired) electrons. The number of carboxylic acid groups (broad SMARTS) is 1. The predicted molar refractivity (Wildman–Crippen MR) is 81.1 cm³/mol. The van der Waals surface area contributed by atoms with E-state index in [4.69, 9.17) is 0 Å². The highest BCUT2D eigenvalue weighted by Crippen LogP contribution is 2.38. The number of aliphatic carboxylic acids is 1. The fourth-order valence-corrected chi connectivity index (χ4v) is 3.06. The van der Waals surface area contributed by atoms with Crippen molar-refractivity contribution in [2.24, 2.45) is 5.41 Å². The van der Waals surface area contributed by atoms with E-state index in [9.17, 15) is 14.7 Å². The van der Waals surface area contributed by atoms with E-state index in [1.807, 2.05) is 32.0 Å². The lowest BCUT2D eigenvalue weighted by molar-refractivity contribution is -0.149. The molecular formula is C17H23NO3. The summed E-state index contributed by atoms with van der Waals surface area (Å²) in [6.07, 6.45) is 2.51. The van der Waals surface area contributed by atoms with Crippen molar-refractivity contribution in [2.45, 2.75) is 52.5 Å². The van der Waals surface area contributed by atoms with E-state index in [1.165, 1.54) is 0 Å². The molecule has 4 heteroatoms. The Labute approximate surface area is 125 Å². The van der Waals surface area contributed by atoms with Crippen LogP contribution in [0.15, 0.2) is 18.2 Å². The van der Waals surface area contributed by atoms with E-state index >= 15 is 0 Å². The van der Waals surface area contributed by atoms with E-state index < -0.39 is 11.4 Å². The third-order valence-corrected chi connectivity index (χ3v) is 4.64. The molecule has 1 aromatic rings. The van der Waals surface area contributed by atoms with Crippen LogP contribution < -0.4 is 5.32 Å². The molecule has 114 valence electrons. The summed E-state index contributed by atoms with van der Waals surface area (Å²) in [5, 5.41) is 12.3. The van der Waals surface area contributed by atoms with Gasteiger partial charge in [0.05, 0.1) is 11.8 Å². The van der Waals surface area contributed by atoms with Gasteiger partial charge in [0.15, 0.2) is 0 Å². The average Bonchev–Trinajstić information content (AvgIpc) is 2.77. The molecule has 2 atom stereocenters. The highest BCUT2D eigenvalue weighted by Gasteiger charge is 2.45. The van der Waals surface area contributed by atoms with Crippen LogP contribution in [0.5, 0.6) is 0 Å². The minimum absolute atomic E-state index is 0.0944. The first-order chi connectivity index (χ1) is 9.83. The van der Waals surface area contributed by atoms with Gasteiger partial charge >= 0.3 is 5.97 Å². The molecule has 0 aromatic heterocycles. The number of hydrogen-bond acceptors (Lipinski definition) is 2. The van der Waals surface area contributed by atoms with Gasteiger partial charge in [-0.05, 0) is 44.7 Å². The summed E-state index contributed by atoms with van der Waals surface area (Å²) >= 11 is 0. The van der Waals surface area contributed by atoms with Crippen molar-refractivity contribution >= 4 is 11.9 Å². The molecule has 1 aliphatic rings. The zero-order valence-corrected chi connectivity index (χ0v) is 12.9. The Balaban J connectivity index is 2.05. The second-order valence-electron chi connectivity index (χ2n) is 6.34. The number of amides is 1. The molecule has 1 fully saturated rings. The van der Waals surface area contributed by atoms with Crippen molar-refractivity contribution in [3.63, 3.8) is 0 Å². The number of aryl methyl sites for hydroxylation is 2. The van der Waals surface area contributed by atoms with Gasteiger partial charge in [-0.2, -0.15) is 0 Å². The Morgan fingerprint density at radius 1 is 1.38 bits per heavy atom. The minimum Gasteiger partial charge on any atom is -0.481 e. The molecule has 1 aromatic carbocycles. The Hall–Kier alpha value is -1.84. The maximum atomic E-state index is 12.2. The predicted octanol–water partition coefficient (Wildman–Crippen LogP) is 2.61. The maximum absolute atomic E-state index is 12.2. The van der Waals surface area contributed by atoms with Gasteiger partial charge in [-0.25, -0.2) is 0 Å². The number of hydrogen-bond donors (Lipinski definition) is 2. The second kappa shape index (κ2) is 5.88. The topological polar surface area (TPSA) is 66.4 Å². The van der Waals surface area contributed by atoms with Crippen LogP contribution in [0.2, 0.25) is 0 Å². The molecule has 0 heterocycles. The van der Waals surface area contributed by atoms with E-state index in [1.54, 1.807) is 6.92 Å². The van der Waals surface area contributed by atoms with Crippen molar-refractivity contribution < 1.29 is 14.7 Å². The zero-order chi connectivity index (χ0) is 15.6. The summed E-state index contributed by atoms with van der Waals surface area (Å²) in [6.45, 7) is 5.71. The first-order valence-corrected chi connectivity index (χ1v) is 7.42. The summed E-state index contributed by atoms with van der Waals surface area (Å²) in [5.74, 6) is -0.917. The fourth-order valence-electron chi connectivity index (χ4n) is 3.06. The second-order valence-corrected chi connectivity index (χ2v) is 6.34. The molecule has 2 unspecified atom stereocenters. The average molecular weight is 289 g/mol. The van der Waals surface area contributed by atoms with Crippen LogP contribution in [0, 0.1) is 19.3 Å². The van der Waals surface area contributed by atoms with Gasteiger partial charge in [-0.1, -0.05) is 30.2 Å². The Morgan fingerprint density at radius 3 is 2.76 bits per heavy atom. The lowest BCUT2D eigenvalue weighted by Gasteiger charge is -2.27. The summed E-state index contributed by atoms with van der Waals surface area (Å²) in [5.41, 5.74) is 2.38. The largest absolute Gasteiger partial charge is 0.481 e. The van der Waals surface area contributed by atoms with E-state index in [0.29, 0.717) is 12.8 Å². The molecule has 0 aliphatic heterocycles. The SMILES string of the molecule is Cc1ccc(C)c(CC(=O)NC2CCCC2(C)C(=O)O)c1. The maximum Gasteiger partial charge on any atom is 0.311 e. The highest BCUT2D eigenvalue weighted by atomic mass is 16.4. The van der Waals surface area contributed by atoms with Crippen LogP contribution >= 0.6 is 0 Å². The number of nitrogens with one attached hydrogen (secondary N) is 1. The van der Waals surface area contributed by atoms with E-state index in [2.05, 4.69) is 5.32 Å². The molecule has 1 saturated carbocycles. The van der Waals surface area contributed by atoms with Crippen molar-refractivity contribution in [3.8, 4) is 0 Å². The standard InChI is InChI=1S/C17H23NO3/c1-11-6-7-12(2)13(9-11)10-15(19)18-14-5-4-8-17(14,3)16(20)21/h6-7,9,14H,4-5,8,10H2,1-3H3,(H,18,19)(H,20,21). The quantitative estimate of drug-likeness (QED) is 0.895. The molecule has 2 N–H and O–H groups in total. The molecule has 21 heavy (non-hydrogen) atoms. The molecule has 4 nitrogen and oxygen atoms in total. The summed E-state index contributed by atoms with van der Waals surface area (Å²) in [7, 11) is 0. The van der Waals surface area contributed by atoms with Crippen LogP contribution in [0.1, 0.15) is 42.9 Å². The number of benzene rings is 1. The Bertz CT molecular complexity index is 567. The van der Waals surface area contributed by atoms with Crippen LogP contribution in [0.4, 0.5) is 0 Å². The first-order valence-electron chi connectivity index (χ1n) is 7.42. The molecule has 0 bridgehead atoms. The molecule has 0 spiro atoms. The number of carbonyl (C=O) groups is 2. The van der Waals surface area contributed by atoms with Crippen molar-refractivity contribution in [1.82, 2.24) is 5.32 Å². The smallest absolute Gasteiger partial charge is 0.311 e. The van der Waals surface area contributed by atoms with Gasteiger partial charge in [0.2, 0.25) is 5.91 Å². The fraction of sp³-hybridized carbons (Fsp3) is 0.529. The van der Waals surface area contributed by atoms with Crippen molar-refractivity contribution in [2.75, 3.05) is 0 Å². The van der Waals surface area contributed by atoms with Crippen molar-refractivity contribution in [3.05, 3.63) is 34.9 Å². The normalized spacial score (nSPS) is 24.8. The summed E-state index contributed by atoms with van der Waals surface area (Å²) < 4.78 is 0. The van der Waals surface area contributed by atoms with E-state index in [-0.39, 0.29) is 11.9 Å². The molecule has 1 amide bonds. The van der Waals surface area contributed by atoms with Crippen LogP contribution in [0.25, 0.3) is 0 Å². The lowest BCUT2D eigenvalue weighted by Crippen LogP contribution is -2.47. The number of carbonyl (C=O) groups excluding carboxylic acids is 1. The number of rotatable bonds is 4. The van der Waals surface area contributed by atoms with Crippen molar-refractivity contribution in [1.29, 1.82) is 0 Å². The Kier molecular flexibility index (Phi) is 4.35. The van der Waals surface area contributed by atoms with Crippen LogP contribution in [-0.2, 0) is 16.0 Å². The third-order valence-electron chi connectivity index (χ3n) is 4.64. The third kappa shape index (κ3) is 3.26. The number of carboxylic acids is 1. The lowest BCUT2D eigenvalue weighted by atomic mass is 9.85. The van der Waals surface area contributed by atoms with Gasteiger partial charge < -0.3 is 10.4 Å².